The Bertz CT molecular complexity index is 1090. The number of nitrogens with zero attached hydrogens (tertiary/aromatic N) is 2. The summed E-state index contributed by atoms with van der Waals surface area (Å²) in [6.07, 6.45) is 0.711. The van der Waals surface area contributed by atoms with Gasteiger partial charge in [0.2, 0.25) is 0 Å². The lowest BCUT2D eigenvalue weighted by Gasteiger charge is -2.15. The van der Waals surface area contributed by atoms with E-state index >= 15 is 0 Å². The topological polar surface area (TPSA) is 99.6 Å². The van der Waals surface area contributed by atoms with E-state index in [-0.39, 0.29) is 10.7 Å². The zero-order valence-corrected chi connectivity index (χ0v) is 18.6. The molecule has 31 heavy (non-hydrogen) atoms. The summed E-state index contributed by atoms with van der Waals surface area (Å²) in [5, 5.41) is 5.06. The summed E-state index contributed by atoms with van der Waals surface area (Å²) in [5.41, 5.74) is 1.69. The van der Waals surface area contributed by atoms with Crippen molar-refractivity contribution in [3.63, 3.8) is 0 Å². The van der Waals surface area contributed by atoms with Gasteiger partial charge in [0.1, 0.15) is 5.15 Å². The van der Waals surface area contributed by atoms with E-state index in [1.807, 2.05) is 11.4 Å². The Balaban J connectivity index is 1.69. The summed E-state index contributed by atoms with van der Waals surface area (Å²) >= 11 is 7.06. The van der Waals surface area contributed by atoms with Crippen LogP contribution >= 0.6 is 22.9 Å². The number of halogens is 1. The van der Waals surface area contributed by atoms with Gasteiger partial charge in [0.25, 0.3) is 5.91 Å². The van der Waals surface area contributed by atoms with Gasteiger partial charge >= 0.3 is 5.97 Å². The molecule has 0 radical (unpaired) electrons. The number of aromatic nitrogens is 2. The first-order valence-corrected chi connectivity index (χ1v) is 10.5. The van der Waals surface area contributed by atoms with Gasteiger partial charge in [-0.2, -0.15) is 0 Å². The highest BCUT2D eigenvalue weighted by atomic mass is 35.5. The van der Waals surface area contributed by atoms with Gasteiger partial charge in [-0.25, -0.2) is 14.8 Å². The molecule has 3 rings (SSSR count). The third-order valence-corrected chi connectivity index (χ3v) is 5.25. The van der Waals surface area contributed by atoms with Gasteiger partial charge in [0.15, 0.2) is 22.7 Å². The van der Waals surface area contributed by atoms with Gasteiger partial charge in [-0.15, -0.1) is 11.3 Å². The third kappa shape index (κ3) is 5.50. The third-order valence-electron chi connectivity index (χ3n) is 4.29. The second kappa shape index (κ2) is 10.2. The molecule has 1 N–H and O–H groups in total. The van der Waals surface area contributed by atoms with Gasteiger partial charge in [0, 0.05) is 17.1 Å². The van der Waals surface area contributed by atoms with Gasteiger partial charge in [0.05, 0.1) is 25.5 Å². The van der Waals surface area contributed by atoms with Crippen molar-refractivity contribution < 1.29 is 23.8 Å². The second-order valence-electron chi connectivity index (χ2n) is 6.27. The van der Waals surface area contributed by atoms with Crippen LogP contribution in [0.15, 0.2) is 41.9 Å². The SMILES string of the molecule is CCC(OC(=O)c1ccnc(Cl)c1)C(=O)Nc1nc(-c2ccc(OC)c(OC)c2)cs1. The minimum absolute atomic E-state index is 0.164. The summed E-state index contributed by atoms with van der Waals surface area (Å²) < 4.78 is 15.9. The molecule has 0 aliphatic heterocycles. The zero-order chi connectivity index (χ0) is 22.4. The molecule has 8 nitrogen and oxygen atoms in total. The number of esters is 1. The summed E-state index contributed by atoms with van der Waals surface area (Å²) in [6, 6.07) is 8.28. The lowest BCUT2D eigenvalue weighted by Crippen LogP contribution is -2.32. The maximum atomic E-state index is 12.6. The van der Waals surface area contributed by atoms with Crippen LogP contribution in [0, 0.1) is 0 Å². The van der Waals surface area contributed by atoms with Crippen molar-refractivity contribution in [1.82, 2.24) is 9.97 Å². The van der Waals surface area contributed by atoms with Crippen LogP contribution in [0.1, 0.15) is 23.7 Å². The van der Waals surface area contributed by atoms with E-state index < -0.39 is 18.0 Å². The average molecular weight is 462 g/mol. The maximum absolute atomic E-state index is 12.6. The number of amides is 1. The van der Waals surface area contributed by atoms with Crippen molar-refractivity contribution in [3.05, 3.63) is 52.6 Å². The van der Waals surface area contributed by atoms with Crippen LogP contribution in [0.4, 0.5) is 5.13 Å². The van der Waals surface area contributed by atoms with E-state index in [4.69, 9.17) is 25.8 Å². The van der Waals surface area contributed by atoms with Crippen LogP contribution in [0.5, 0.6) is 11.5 Å². The molecule has 0 aliphatic carbocycles. The molecule has 1 atom stereocenters. The number of rotatable bonds is 8. The quantitative estimate of drug-likeness (QED) is 0.390. The lowest BCUT2D eigenvalue weighted by atomic mass is 10.1. The Morgan fingerprint density at radius 2 is 1.94 bits per heavy atom. The Morgan fingerprint density at radius 1 is 1.16 bits per heavy atom. The van der Waals surface area contributed by atoms with Crippen molar-refractivity contribution in [3.8, 4) is 22.8 Å². The molecule has 1 amide bonds. The van der Waals surface area contributed by atoms with E-state index in [2.05, 4.69) is 15.3 Å². The molecule has 0 spiro atoms. The maximum Gasteiger partial charge on any atom is 0.339 e. The van der Waals surface area contributed by atoms with Crippen LogP contribution in [-0.2, 0) is 9.53 Å². The van der Waals surface area contributed by atoms with Gasteiger partial charge in [-0.3, -0.25) is 10.1 Å². The molecule has 2 aromatic heterocycles. The molecule has 0 saturated heterocycles. The predicted octanol–water partition coefficient (Wildman–Crippen LogP) is 4.45. The summed E-state index contributed by atoms with van der Waals surface area (Å²) in [5.74, 6) is 0.0616. The highest BCUT2D eigenvalue weighted by Crippen LogP contribution is 2.33. The predicted molar refractivity (Wildman–Crippen MR) is 118 cm³/mol. The fourth-order valence-corrected chi connectivity index (χ4v) is 3.59. The van der Waals surface area contributed by atoms with Crippen LogP contribution in [-0.4, -0.2) is 42.2 Å². The van der Waals surface area contributed by atoms with Crippen LogP contribution in [0.25, 0.3) is 11.3 Å². The molecule has 2 heterocycles. The number of carbonyl (C=O) groups excluding carboxylic acids is 2. The number of ether oxygens (including phenoxy) is 3. The first-order valence-electron chi connectivity index (χ1n) is 9.26. The average Bonchev–Trinajstić information content (AvgIpc) is 3.25. The number of hydrogen-bond donors (Lipinski definition) is 1. The standard InChI is InChI=1S/C21H20ClN3O5S/c1-4-15(30-20(27)13-7-8-23-18(22)10-13)19(26)25-21-24-14(11-31-21)12-5-6-16(28-2)17(9-12)29-3/h5-11,15H,4H2,1-3H3,(H,24,25,26). The Hall–Kier alpha value is -3.17. The molecule has 1 aromatic carbocycles. The molecular weight excluding hydrogens is 442 g/mol. The molecule has 0 fully saturated rings. The van der Waals surface area contributed by atoms with Crippen molar-refractivity contribution in [2.75, 3.05) is 19.5 Å². The molecule has 162 valence electrons. The van der Waals surface area contributed by atoms with E-state index in [1.54, 1.807) is 33.3 Å². The highest BCUT2D eigenvalue weighted by Gasteiger charge is 2.23. The number of hydrogen-bond acceptors (Lipinski definition) is 8. The monoisotopic (exact) mass is 461 g/mol. The fourth-order valence-electron chi connectivity index (χ4n) is 2.69. The molecule has 3 aromatic rings. The van der Waals surface area contributed by atoms with Crippen LogP contribution in [0.2, 0.25) is 5.15 Å². The number of nitrogens with one attached hydrogen (secondary N) is 1. The van der Waals surface area contributed by atoms with Crippen molar-refractivity contribution in [2.45, 2.75) is 19.4 Å². The number of carbonyl (C=O) groups is 2. The van der Waals surface area contributed by atoms with Crippen molar-refractivity contribution in [2.24, 2.45) is 0 Å². The fraction of sp³-hybridized carbons (Fsp3) is 0.238. The summed E-state index contributed by atoms with van der Waals surface area (Å²) in [4.78, 5) is 33.2. The van der Waals surface area contributed by atoms with Gasteiger partial charge in [-0.05, 0) is 36.8 Å². The molecule has 0 bridgehead atoms. The largest absolute Gasteiger partial charge is 0.493 e. The number of benzene rings is 1. The van der Waals surface area contributed by atoms with E-state index in [0.29, 0.717) is 28.7 Å². The van der Waals surface area contributed by atoms with Gasteiger partial charge in [-0.1, -0.05) is 18.5 Å². The molecule has 0 aliphatic rings. The first kappa shape index (κ1) is 22.5. The number of pyridine rings is 1. The first-order chi connectivity index (χ1) is 14.9. The van der Waals surface area contributed by atoms with Gasteiger partial charge < -0.3 is 14.2 Å². The molecular formula is C21H20ClN3O5S. The van der Waals surface area contributed by atoms with Crippen molar-refractivity contribution >= 4 is 39.9 Å². The highest BCUT2D eigenvalue weighted by molar-refractivity contribution is 7.14. The van der Waals surface area contributed by atoms with Crippen LogP contribution < -0.4 is 14.8 Å². The normalized spacial score (nSPS) is 11.5. The molecule has 10 heteroatoms. The Kier molecular flexibility index (Phi) is 7.43. The minimum atomic E-state index is -0.979. The Morgan fingerprint density at radius 3 is 2.61 bits per heavy atom. The lowest BCUT2D eigenvalue weighted by molar-refractivity contribution is -0.124. The van der Waals surface area contributed by atoms with E-state index in [9.17, 15) is 9.59 Å². The zero-order valence-electron chi connectivity index (χ0n) is 17.0. The van der Waals surface area contributed by atoms with Crippen molar-refractivity contribution in [1.29, 1.82) is 0 Å². The number of methoxy groups -OCH3 is 2. The molecule has 1 unspecified atom stereocenters. The summed E-state index contributed by atoms with van der Waals surface area (Å²) in [6.45, 7) is 1.74. The number of anilines is 1. The second-order valence-corrected chi connectivity index (χ2v) is 7.51. The summed E-state index contributed by atoms with van der Waals surface area (Å²) in [7, 11) is 3.12. The minimum Gasteiger partial charge on any atom is -0.493 e. The number of thiazole rings is 1. The molecule has 0 saturated carbocycles. The van der Waals surface area contributed by atoms with Crippen LogP contribution in [0.3, 0.4) is 0 Å². The van der Waals surface area contributed by atoms with E-state index in [0.717, 1.165) is 5.56 Å². The Labute approximate surface area is 188 Å². The van der Waals surface area contributed by atoms with E-state index in [1.165, 1.54) is 29.7 Å². The smallest absolute Gasteiger partial charge is 0.339 e.